The molecular formula is C19H30N2O2. The number of Topliss-reactive ketones (excluding diaryl/α,β-unsaturated/α-hetero) is 1. The fourth-order valence-electron chi connectivity index (χ4n) is 2.93. The Bertz CT molecular complexity index is 543. The van der Waals surface area contributed by atoms with Gasteiger partial charge < -0.3 is 10.1 Å². The van der Waals surface area contributed by atoms with Crippen molar-refractivity contribution in [3.8, 4) is 5.75 Å². The van der Waals surface area contributed by atoms with Crippen LogP contribution in [-0.2, 0) is 5.41 Å². The van der Waals surface area contributed by atoms with Gasteiger partial charge in [0, 0.05) is 26.2 Å². The van der Waals surface area contributed by atoms with Crippen LogP contribution in [0.2, 0.25) is 0 Å². The van der Waals surface area contributed by atoms with Crippen molar-refractivity contribution in [2.24, 2.45) is 0 Å². The highest BCUT2D eigenvalue weighted by atomic mass is 16.5. The molecule has 1 heterocycles. The van der Waals surface area contributed by atoms with Gasteiger partial charge in [-0.1, -0.05) is 26.8 Å². The molecule has 2 rings (SSSR count). The quantitative estimate of drug-likeness (QED) is 0.848. The highest BCUT2D eigenvalue weighted by Gasteiger charge is 2.27. The molecule has 1 atom stereocenters. The van der Waals surface area contributed by atoms with Crippen LogP contribution in [0.4, 0.5) is 0 Å². The van der Waals surface area contributed by atoms with E-state index in [-0.39, 0.29) is 17.2 Å². The Morgan fingerprint density at radius 2 is 1.96 bits per heavy atom. The summed E-state index contributed by atoms with van der Waals surface area (Å²) in [6.45, 7) is 14.7. The molecule has 1 N–H and O–H groups in total. The van der Waals surface area contributed by atoms with Crippen LogP contribution < -0.4 is 10.1 Å². The van der Waals surface area contributed by atoms with Gasteiger partial charge in [0.1, 0.15) is 5.75 Å². The molecule has 0 saturated carbocycles. The van der Waals surface area contributed by atoms with E-state index in [1.807, 2.05) is 26.0 Å². The number of nitrogens with zero attached hydrogens (tertiary/aromatic N) is 1. The predicted octanol–water partition coefficient (Wildman–Crippen LogP) is 2.86. The Morgan fingerprint density at radius 3 is 2.52 bits per heavy atom. The van der Waals surface area contributed by atoms with Crippen molar-refractivity contribution in [3.63, 3.8) is 0 Å². The zero-order chi connectivity index (χ0) is 17.0. The molecule has 4 nitrogen and oxygen atoms in total. The van der Waals surface area contributed by atoms with E-state index >= 15 is 0 Å². The van der Waals surface area contributed by atoms with Crippen molar-refractivity contribution in [3.05, 3.63) is 29.3 Å². The number of ether oxygens (including phenoxy) is 1. The molecule has 1 unspecified atom stereocenters. The van der Waals surface area contributed by atoms with Crippen molar-refractivity contribution in [2.45, 2.75) is 46.1 Å². The maximum Gasteiger partial charge on any atom is 0.183 e. The van der Waals surface area contributed by atoms with Gasteiger partial charge in [0.2, 0.25) is 0 Å². The molecule has 1 aromatic carbocycles. The van der Waals surface area contributed by atoms with Crippen LogP contribution in [-0.4, -0.2) is 49.5 Å². The summed E-state index contributed by atoms with van der Waals surface area (Å²) in [5, 5.41) is 3.33. The Kier molecular flexibility index (Phi) is 5.82. The predicted molar refractivity (Wildman–Crippen MR) is 94.5 cm³/mol. The van der Waals surface area contributed by atoms with Crippen LogP contribution >= 0.6 is 0 Å². The topological polar surface area (TPSA) is 41.6 Å². The van der Waals surface area contributed by atoms with Crippen LogP contribution in [0.25, 0.3) is 0 Å². The summed E-state index contributed by atoms with van der Waals surface area (Å²) in [5.74, 6) is 0.855. The molecule has 1 aliphatic heterocycles. The molecule has 128 valence electrons. The lowest BCUT2D eigenvalue weighted by Crippen LogP contribution is -2.50. The van der Waals surface area contributed by atoms with Crippen LogP contribution in [0.5, 0.6) is 5.75 Å². The van der Waals surface area contributed by atoms with E-state index in [2.05, 4.69) is 37.1 Å². The highest BCUT2D eigenvalue weighted by Crippen LogP contribution is 2.29. The fourth-order valence-corrected chi connectivity index (χ4v) is 2.93. The van der Waals surface area contributed by atoms with Crippen LogP contribution in [0.1, 0.15) is 50.5 Å². The maximum atomic E-state index is 13.1. The number of rotatable bonds is 5. The van der Waals surface area contributed by atoms with Gasteiger partial charge in [0.25, 0.3) is 0 Å². The molecule has 1 aromatic rings. The van der Waals surface area contributed by atoms with E-state index in [4.69, 9.17) is 4.74 Å². The largest absolute Gasteiger partial charge is 0.493 e. The van der Waals surface area contributed by atoms with E-state index in [1.165, 1.54) is 0 Å². The molecule has 0 spiro atoms. The first-order chi connectivity index (χ1) is 10.8. The molecule has 0 bridgehead atoms. The third kappa shape index (κ3) is 4.33. The second kappa shape index (κ2) is 7.45. The van der Waals surface area contributed by atoms with Gasteiger partial charge in [0.05, 0.1) is 18.2 Å². The molecule has 0 aromatic heterocycles. The third-order valence-corrected chi connectivity index (χ3v) is 4.49. The zero-order valence-corrected chi connectivity index (χ0v) is 15.1. The minimum atomic E-state index is -0.119. The van der Waals surface area contributed by atoms with Crippen LogP contribution in [0.3, 0.4) is 0 Å². The number of carbonyl (C=O) groups is 1. The molecule has 0 amide bonds. The average Bonchev–Trinajstić information content (AvgIpc) is 2.54. The van der Waals surface area contributed by atoms with Crippen LogP contribution in [0.15, 0.2) is 18.2 Å². The second-order valence-electron chi connectivity index (χ2n) is 7.22. The minimum Gasteiger partial charge on any atom is -0.493 e. The summed E-state index contributed by atoms with van der Waals surface area (Å²) < 4.78 is 5.71. The van der Waals surface area contributed by atoms with E-state index in [0.717, 1.165) is 31.7 Å². The summed E-state index contributed by atoms with van der Waals surface area (Å²) in [7, 11) is 0. The second-order valence-corrected chi connectivity index (χ2v) is 7.22. The third-order valence-electron chi connectivity index (χ3n) is 4.49. The smallest absolute Gasteiger partial charge is 0.183 e. The van der Waals surface area contributed by atoms with E-state index in [0.29, 0.717) is 17.9 Å². The molecule has 4 heteroatoms. The van der Waals surface area contributed by atoms with Gasteiger partial charge >= 0.3 is 0 Å². The number of piperazine rings is 1. The molecule has 23 heavy (non-hydrogen) atoms. The molecule has 1 aliphatic rings. The Labute approximate surface area is 140 Å². The SMILES string of the molecule is CCOc1ccc(C(C)(C)C)cc1C(=O)C(C)N1CCNCC1. The van der Waals surface area contributed by atoms with E-state index in [9.17, 15) is 4.79 Å². The standard InChI is InChI=1S/C19H30N2O2/c1-6-23-17-8-7-15(19(3,4)5)13-16(17)18(22)14(2)21-11-9-20-10-12-21/h7-8,13-14,20H,6,9-12H2,1-5H3. The number of hydrogen-bond donors (Lipinski definition) is 1. The first-order valence-corrected chi connectivity index (χ1v) is 8.61. The molecule has 1 fully saturated rings. The number of carbonyl (C=O) groups excluding carboxylic acids is 1. The minimum absolute atomic E-state index is 0.0120. The highest BCUT2D eigenvalue weighted by molar-refractivity contribution is 6.02. The van der Waals surface area contributed by atoms with Gasteiger partial charge in [0.15, 0.2) is 5.78 Å². The molecule has 0 aliphatic carbocycles. The monoisotopic (exact) mass is 318 g/mol. The molecular weight excluding hydrogens is 288 g/mol. The molecule has 1 saturated heterocycles. The fraction of sp³-hybridized carbons (Fsp3) is 0.632. The lowest BCUT2D eigenvalue weighted by molar-refractivity contribution is 0.0816. The zero-order valence-electron chi connectivity index (χ0n) is 15.1. The van der Waals surface area contributed by atoms with Gasteiger partial charge in [-0.15, -0.1) is 0 Å². The Balaban J connectivity index is 2.31. The van der Waals surface area contributed by atoms with Gasteiger partial charge in [-0.05, 0) is 37.0 Å². The maximum absolute atomic E-state index is 13.1. The first kappa shape index (κ1) is 18.0. The van der Waals surface area contributed by atoms with Crippen molar-refractivity contribution in [1.29, 1.82) is 0 Å². The van der Waals surface area contributed by atoms with Gasteiger partial charge in [-0.2, -0.15) is 0 Å². The summed E-state index contributed by atoms with van der Waals surface area (Å²) >= 11 is 0. The Hall–Kier alpha value is -1.39. The summed E-state index contributed by atoms with van der Waals surface area (Å²) in [4.78, 5) is 15.3. The molecule has 0 radical (unpaired) electrons. The van der Waals surface area contributed by atoms with Crippen molar-refractivity contribution in [1.82, 2.24) is 10.2 Å². The normalized spacial score (nSPS) is 17.8. The lowest BCUT2D eigenvalue weighted by Gasteiger charge is -2.32. The average molecular weight is 318 g/mol. The van der Waals surface area contributed by atoms with Gasteiger partial charge in [-0.3, -0.25) is 9.69 Å². The lowest BCUT2D eigenvalue weighted by atomic mass is 9.85. The van der Waals surface area contributed by atoms with Gasteiger partial charge in [-0.25, -0.2) is 0 Å². The van der Waals surface area contributed by atoms with Crippen molar-refractivity contribution in [2.75, 3.05) is 32.8 Å². The summed E-state index contributed by atoms with van der Waals surface area (Å²) in [5.41, 5.74) is 1.89. The number of nitrogens with one attached hydrogen (secondary N) is 1. The Morgan fingerprint density at radius 1 is 1.30 bits per heavy atom. The number of hydrogen-bond acceptors (Lipinski definition) is 4. The van der Waals surface area contributed by atoms with Crippen LogP contribution in [0, 0.1) is 0 Å². The first-order valence-electron chi connectivity index (χ1n) is 8.61. The summed E-state index contributed by atoms with van der Waals surface area (Å²) in [6, 6.07) is 5.91. The van der Waals surface area contributed by atoms with Crippen molar-refractivity contribution >= 4 is 5.78 Å². The number of benzene rings is 1. The van der Waals surface area contributed by atoms with Crippen molar-refractivity contribution < 1.29 is 9.53 Å². The van der Waals surface area contributed by atoms with E-state index < -0.39 is 0 Å². The van der Waals surface area contributed by atoms with E-state index in [1.54, 1.807) is 0 Å². The summed E-state index contributed by atoms with van der Waals surface area (Å²) in [6.07, 6.45) is 0. The number of ketones is 1.